The Bertz CT molecular complexity index is 1060. The summed E-state index contributed by atoms with van der Waals surface area (Å²) in [7, 11) is 3.12. The molecule has 0 radical (unpaired) electrons. The SMILES string of the molecule is C=CCn1c(SC(C)C(=O)c2ccc(OC)cc2OC)nnc1-c1cccc(C)c1. The molecule has 0 N–H and O–H groups in total. The van der Waals surface area contributed by atoms with E-state index in [9.17, 15) is 4.79 Å². The summed E-state index contributed by atoms with van der Waals surface area (Å²) >= 11 is 1.37. The van der Waals surface area contributed by atoms with Crippen LogP contribution in [0.2, 0.25) is 0 Å². The molecule has 2 aromatic carbocycles. The maximum atomic E-state index is 13.1. The van der Waals surface area contributed by atoms with Crippen LogP contribution in [0.3, 0.4) is 0 Å². The number of aryl methyl sites for hydroxylation is 1. The second-order valence-electron chi connectivity index (χ2n) is 6.77. The Kier molecular flexibility index (Phi) is 6.95. The number of thioether (sulfide) groups is 1. The molecule has 3 aromatic rings. The van der Waals surface area contributed by atoms with Gasteiger partial charge in [0.25, 0.3) is 0 Å². The Morgan fingerprint density at radius 2 is 2.00 bits per heavy atom. The van der Waals surface area contributed by atoms with Gasteiger partial charge in [-0.3, -0.25) is 9.36 Å². The standard InChI is InChI=1S/C23H25N3O3S/c1-6-12-26-22(17-9-7-8-15(2)13-17)24-25-23(26)30-16(3)21(27)19-11-10-18(28-4)14-20(19)29-5/h6-11,13-14,16H,1,12H2,2-5H3. The lowest BCUT2D eigenvalue weighted by Crippen LogP contribution is -2.16. The van der Waals surface area contributed by atoms with Crippen molar-refractivity contribution in [1.82, 2.24) is 14.8 Å². The van der Waals surface area contributed by atoms with E-state index in [4.69, 9.17) is 9.47 Å². The van der Waals surface area contributed by atoms with Crippen LogP contribution in [-0.4, -0.2) is 40.0 Å². The van der Waals surface area contributed by atoms with Crippen LogP contribution < -0.4 is 9.47 Å². The molecule has 0 saturated carbocycles. The van der Waals surface area contributed by atoms with Crippen molar-refractivity contribution in [2.45, 2.75) is 30.8 Å². The molecule has 0 aliphatic rings. The van der Waals surface area contributed by atoms with Crippen LogP contribution in [0.15, 0.2) is 60.3 Å². The van der Waals surface area contributed by atoms with Crippen LogP contribution in [-0.2, 0) is 6.54 Å². The van der Waals surface area contributed by atoms with Crippen molar-refractivity contribution in [3.8, 4) is 22.9 Å². The molecule has 0 saturated heterocycles. The maximum absolute atomic E-state index is 13.1. The number of ketones is 1. The number of Topliss-reactive ketones (excluding diaryl/α,β-unsaturated/α-hetero) is 1. The summed E-state index contributed by atoms with van der Waals surface area (Å²) in [5, 5.41) is 9.01. The van der Waals surface area contributed by atoms with Crippen LogP contribution in [0.5, 0.6) is 11.5 Å². The van der Waals surface area contributed by atoms with Gasteiger partial charge >= 0.3 is 0 Å². The minimum atomic E-state index is -0.384. The third kappa shape index (κ3) is 4.57. The lowest BCUT2D eigenvalue weighted by Gasteiger charge is -2.14. The molecule has 6 nitrogen and oxygen atoms in total. The predicted octanol–water partition coefficient (Wildman–Crippen LogP) is 4.82. The summed E-state index contributed by atoms with van der Waals surface area (Å²) in [4.78, 5) is 13.1. The first-order valence-corrected chi connectivity index (χ1v) is 10.4. The summed E-state index contributed by atoms with van der Waals surface area (Å²) in [6.45, 7) is 8.29. The number of hydrogen-bond acceptors (Lipinski definition) is 6. The lowest BCUT2D eigenvalue weighted by molar-refractivity contribution is 0.0991. The Labute approximate surface area is 180 Å². The van der Waals surface area contributed by atoms with Gasteiger partial charge in [0.15, 0.2) is 16.8 Å². The Morgan fingerprint density at radius 1 is 1.20 bits per heavy atom. The van der Waals surface area contributed by atoms with Crippen molar-refractivity contribution < 1.29 is 14.3 Å². The monoisotopic (exact) mass is 423 g/mol. The van der Waals surface area contributed by atoms with Gasteiger partial charge in [0.05, 0.1) is 25.0 Å². The third-order valence-electron chi connectivity index (χ3n) is 4.63. The normalized spacial score (nSPS) is 11.7. The molecule has 1 aromatic heterocycles. The smallest absolute Gasteiger partial charge is 0.192 e. The summed E-state index contributed by atoms with van der Waals surface area (Å²) in [6, 6.07) is 13.3. The third-order valence-corrected chi connectivity index (χ3v) is 5.71. The molecule has 0 aliphatic heterocycles. The average Bonchev–Trinajstić information content (AvgIpc) is 3.15. The molecule has 30 heavy (non-hydrogen) atoms. The fourth-order valence-corrected chi connectivity index (χ4v) is 4.03. The van der Waals surface area contributed by atoms with E-state index < -0.39 is 0 Å². The van der Waals surface area contributed by atoms with E-state index in [1.165, 1.54) is 18.9 Å². The van der Waals surface area contributed by atoms with E-state index in [0.29, 0.717) is 28.8 Å². The second-order valence-corrected chi connectivity index (χ2v) is 8.07. The van der Waals surface area contributed by atoms with Crippen LogP contribution in [0, 0.1) is 6.92 Å². The van der Waals surface area contributed by atoms with Gasteiger partial charge in [0.1, 0.15) is 11.5 Å². The molecule has 1 heterocycles. The molecule has 1 atom stereocenters. The molecule has 0 amide bonds. The zero-order valence-corrected chi connectivity index (χ0v) is 18.4. The molecule has 0 aliphatic carbocycles. The predicted molar refractivity (Wildman–Crippen MR) is 120 cm³/mol. The average molecular weight is 424 g/mol. The van der Waals surface area contributed by atoms with Crippen LogP contribution in [0.25, 0.3) is 11.4 Å². The van der Waals surface area contributed by atoms with Crippen molar-refractivity contribution in [3.63, 3.8) is 0 Å². The van der Waals surface area contributed by atoms with Gasteiger partial charge in [-0.05, 0) is 32.0 Å². The fraction of sp³-hybridized carbons (Fsp3) is 0.261. The van der Waals surface area contributed by atoms with E-state index in [-0.39, 0.29) is 11.0 Å². The number of allylic oxidation sites excluding steroid dienone is 1. The highest BCUT2D eigenvalue weighted by Gasteiger charge is 2.24. The summed E-state index contributed by atoms with van der Waals surface area (Å²) in [6.07, 6.45) is 1.80. The topological polar surface area (TPSA) is 66.2 Å². The number of methoxy groups -OCH3 is 2. The fourth-order valence-electron chi connectivity index (χ4n) is 3.10. The van der Waals surface area contributed by atoms with Gasteiger partial charge in [0, 0.05) is 18.2 Å². The van der Waals surface area contributed by atoms with Crippen LogP contribution >= 0.6 is 11.8 Å². The summed E-state index contributed by atoms with van der Waals surface area (Å²) in [5.41, 5.74) is 2.63. The second kappa shape index (κ2) is 9.63. The van der Waals surface area contributed by atoms with Gasteiger partial charge in [0.2, 0.25) is 0 Å². The highest BCUT2D eigenvalue weighted by atomic mass is 32.2. The van der Waals surface area contributed by atoms with Crippen molar-refractivity contribution in [2.24, 2.45) is 0 Å². The van der Waals surface area contributed by atoms with E-state index in [0.717, 1.165) is 17.0 Å². The Balaban J connectivity index is 1.89. The minimum absolute atomic E-state index is 0.0511. The number of nitrogens with zero attached hydrogens (tertiary/aromatic N) is 3. The number of benzene rings is 2. The van der Waals surface area contributed by atoms with E-state index >= 15 is 0 Å². The summed E-state index contributed by atoms with van der Waals surface area (Å²) in [5.74, 6) is 1.82. The van der Waals surface area contributed by atoms with Gasteiger partial charge in [-0.15, -0.1) is 16.8 Å². The zero-order chi connectivity index (χ0) is 21.7. The maximum Gasteiger partial charge on any atom is 0.192 e. The number of ether oxygens (including phenoxy) is 2. The first-order valence-electron chi connectivity index (χ1n) is 9.52. The summed E-state index contributed by atoms with van der Waals surface area (Å²) < 4.78 is 12.6. The van der Waals surface area contributed by atoms with Crippen molar-refractivity contribution >= 4 is 17.5 Å². The molecule has 0 fully saturated rings. The quantitative estimate of drug-likeness (QED) is 0.279. The number of carbonyl (C=O) groups excluding carboxylic acids is 1. The molecule has 0 spiro atoms. The number of carbonyl (C=O) groups is 1. The molecular weight excluding hydrogens is 398 g/mol. The van der Waals surface area contributed by atoms with E-state index in [2.05, 4.69) is 22.8 Å². The van der Waals surface area contributed by atoms with E-state index in [1.54, 1.807) is 31.4 Å². The number of hydrogen-bond donors (Lipinski definition) is 0. The highest BCUT2D eigenvalue weighted by Crippen LogP contribution is 2.32. The van der Waals surface area contributed by atoms with Gasteiger partial charge in [-0.2, -0.15) is 0 Å². The largest absolute Gasteiger partial charge is 0.497 e. The van der Waals surface area contributed by atoms with Crippen molar-refractivity contribution in [1.29, 1.82) is 0 Å². The van der Waals surface area contributed by atoms with Crippen LogP contribution in [0.4, 0.5) is 0 Å². The number of rotatable bonds is 9. The first kappa shape index (κ1) is 21.6. The van der Waals surface area contributed by atoms with Gasteiger partial charge in [-0.1, -0.05) is 41.6 Å². The van der Waals surface area contributed by atoms with E-state index in [1.807, 2.05) is 36.6 Å². The minimum Gasteiger partial charge on any atom is -0.497 e. The number of aromatic nitrogens is 3. The molecule has 7 heteroatoms. The van der Waals surface area contributed by atoms with Gasteiger partial charge in [-0.25, -0.2) is 0 Å². The molecule has 0 bridgehead atoms. The van der Waals surface area contributed by atoms with Crippen molar-refractivity contribution in [2.75, 3.05) is 14.2 Å². The zero-order valence-electron chi connectivity index (χ0n) is 17.6. The Morgan fingerprint density at radius 3 is 2.67 bits per heavy atom. The molecule has 156 valence electrons. The first-order chi connectivity index (χ1) is 14.5. The van der Waals surface area contributed by atoms with Gasteiger partial charge < -0.3 is 9.47 Å². The van der Waals surface area contributed by atoms with Crippen molar-refractivity contribution in [3.05, 3.63) is 66.2 Å². The lowest BCUT2D eigenvalue weighted by atomic mass is 10.1. The van der Waals surface area contributed by atoms with Crippen LogP contribution in [0.1, 0.15) is 22.8 Å². The molecule has 3 rings (SSSR count). The highest BCUT2D eigenvalue weighted by molar-refractivity contribution is 8.00. The molecule has 1 unspecified atom stereocenters. The molecular formula is C23H25N3O3S. The Hall–Kier alpha value is -3.06.